The number of carbonyl (C=O) groups excluding carboxylic acids is 2. The van der Waals surface area contributed by atoms with E-state index in [4.69, 9.17) is 16.6 Å². The summed E-state index contributed by atoms with van der Waals surface area (Å²) in [6.07, 6.45) is 5.73. The first-order valence-electron chi connectivity index (χ1n) is 11.3. The van der Waals surface area contributed by atoms with Gasteiger partial charge in [-0.25, -0.2) is 0 Å². The number of amides is 2. The molecule has 0 spiro atoms. The molecule has 0 bridgehead atoms. The van der Waals surface area contributed by atoms with Gasteiger partial charge >= 0.3 is 0 Å². The van der Waals surface area contributed by atoms with Crippen LogP contribution >= 0.6 is 11.6 Å². The van der Waals surface area contributed by atoms with Crippen molar-refractivity contribution in [1.82, 2.24) is 15.3 Å². The quantitative estimate of drug-likeness (QED) is 0.575. The van der Waals surface area contributed by atoms with Crippen LogP contribution in [0, 0.1) is 0 Å². The predicted octanol–water partition coefficient (Wildman–Crippen LogP) is 5.09. The van der Waals surface area contributed by atoms with Crippen molar-refractivity contribution >= 4 is 29.1 Å². The third-order valence-corrected chi connectivity index (χ3v) is 6.50. The van der Waals surface area contributed by atoms with E-state index in [1.54, 1.807) is 35.4 Å². The zero-order chi connectivity index (χ0) is 22.9. The second kappa shape index (κ2) is 8.94. The van der Waals surface area contributed by atoms with Gasteiger partial charge in [-0.05, 0) is 92.6 Å². The first kappa shape index (κ1) is 21.6. The zero-order valence-electron chi connectivity index (χ0n) is 18.4. The lowest BCUT2D eigenvalue weighted by Crippen LogP contribution is -2.36. The van der Waals surface area contributed by atoms with E-state index in [2.05, 4.69) is 10.3 Å². The molecule has 5 rings (SSSR count). The molecule has 1 N–H and O–H groups in total. The van der Waals surface area contributed by atoms with E-state index in [9.17, 15) is 9.59 Å². The molecule has 1 unspecified atom stereocenters. The van der Waals surface area contributed by atoms with Crippen molar-refractivity contribution in [3.05, 3.63) is 88.0 Å². The Kier molecular flexibility index (Phi) is 5.85. The molecule has 2 aliphatic rings. The van der Waals surface area contributed by atoms with Gasteiger partial charge in [0.1, 0.15) is 5.69 Å². The number of rotatable bonds is 5. The summed E-state index contributed by atoms with van der Waals surface area (Å²) in [5.74, 6) is 0.302. The van der Waals surface area contributed by atoms with Crippen molar-refractivity contribution in [3.63, 3.8) is 0 Å². The number of benzene rings is 1. The summed E-state index contributed by atoms with van der Waals surface area (Å²) in [4.78, 5) is 36.8. The fourth-order valence-electron chi connectivity index (χ4n) is 4.25. The molecule has 33 heavy (non-hydrogen) atoms. The molecule has 1 fully saturated rings. The van der Waals surface area contributed by atoms with E-state index in [0.717, 1.165) is 29.9 Å². The summed E-state index contributed by atoms with van der Waals surface area (Å²) >= 11 is 5.91. The maximum atomic E-state index is 13.3. The second-order valence-electron chi connectivity index (χ2n) is 8.71. The highest BCUT2D eigenvalue weighted by Gasteiger charge is 2.28. The van der Waals surface area contributed by atoms with Crippen molar-refractivity contribution in [2.45, 2.75) is 44.6 Å². The average Bonchev–Trinajstić information content (AvgIpc) is 3.69. The molecular formula is C26H25ClN4O2. The van der Waals surface area contributed by atoms with E-state index >= 15 is 0 Å². The largest absolute Gasteiger partial charge is 0.344 e. The third kappa shape index (κ3) is 4.62. The van der Waals surface area contributed by atoms with Crippen LogP contribution < -0.4 is 10.2 Å². The van der Waals surface area contributed by atoms with E-state index in [1.807, 2.05) is 31.2 Å². The SMILES string of the molecule is CC(NC(=O)c1ccc(Cl)cc1)c1ccc2c(n1)CCCN2C(=O)c1cc(C2CC2)ccn1. The predicted molar refractivity (Wildman–Crippen MR) is 128 cm³/mol. The van der Waals surface area contributed by atoms with Crippen molar-refractivity contribution in [3.8, 4) is 0 Å². The summed E-state index contributed by atoms with van der Waals surface area (Å²) in [7, 11) is 0. The van der Waals surface area contributed by atoms with Crippen LogP contribution in [0.1, 0.15) is 75.9 Å². The van der Waals surface area contributed by atoms with E-state index in [-0.39, 0.29) is 17.9 Å². The summed E-state index contributed by atoms with van der Waals surface area (Å²) in [6.45, 7) is 2.55. The molecule has 2 aromatic heterocycles. The lowest BCUT2D eigenvalue weighted by atomic mass is 10.0. The van der Waals surface area contributed by atoms with Crippen LogP contribution in [0.4, 0.5) is 5.69 Å². The summed E-state index contributed by atoms with van der Waals surface area (Å²) in [5.41, 5.74) is 4.69. The van der Waals surface area contributed by atoms with Gasteiger partial charge in [0.05, 0.1) is 23.1 Å². The van der Waals surface area contributed by atoms with E-state index in [1.165, 1.54) is 18.4 Å². The topological polar surface area (TPSA) is 75.2 Å². The average molecular weight is 461 g/mol. The number of carbonyl (C=O) groups is 2. The minimum absolute atomic E-state index is 0.0860. The Balaban J connectivity index is 1.33. The van der Waals surface area contributed by atoms with Gasteiger partial charge in [-0.1, -0.05) is 11.6 Å². The summed E-state index contributed by atoms with van der Waals surface area (Å²) in [5, 5.41) is 3.57. The fraction of sp³-hybridized carbons (Fsp3) is 0.308. The van der Waals surface area contributed by atoms with E-state index in [0.29, 0.717) is 28.7 Å². The number of hydrogen-bond donors (Lipinski definition) is 1. The van der Waals surface area contributed by atoms with Crippen molar-refractivity contribution in [1.29, 1.82) is 0 Å². The Morgan fingerprint density at radius 2 is 1.91 bits per heavy atom. The third-order valence-electron chi connectivity index (χ3n) is 6.25. The highest BCUT2D eigenvalue weighted by Crippen LogP contribution is 2.40. The zero-order valence-corrected chi connectivity index (χ0v) is 19.2. The summed E-state index contributed by atoms with van der Waals surface area (Å²) < 4.78 is 0. The van der Waals surface area contributed by atoms with Gasteiger partial charge in [-0.2, -0.15) is 0 Å². The molecule has 1 aliphatic carbocycles. The molecule has 1 aliphatic heterocycles. The first-order chi connectivity index (χ1) is 16.0. The lowest BCUT2D eigenvalue weighted by molar-refractivity contribution is 0.0938. The molecule has 6 nitrogen and oxygen atoms in total. The van der Waals surface area contributed by atoms with Crippen LogP contribution in [0.15, 0.2) is 54.7 Å². The standard InChI is InChI=1S/C26H25ClN4O2/c1-16(29-25(32)18-6-8-20(27)9-7-18)21-10-11-24-22(30-21)3-2-14-31(24)26(33)23-15-19(12-13-28-23)17-4-5-17/h6-13,15-17H,2-5,14H2,1H3,(H,29,32). The Morgan fingerprint density at radius 1 is 1.12 bits per heavy atom. The maximum Gasteiger partial charge on any atom is 0.276 e. The number of aromatic nitrogens is 2. The fourth-order valence-corrected chi connectivity index (χ4v) is 4.37. The minimum Gasteiger partial charge on any atom is -0.344 e. The second-order valence-corrected chi connectivity index (χ2v) is 9.15. The number of halogens is 1. The van der Waals surface area contributed by atoms with Crippen molar-refractivity contribution < 1.29 is 9.59 Å². The van der Waals surface area contributed by atoms with Crippen molar-refractivity contribution in [2.24, 2.45) is 0 Å². The molecule has 0 radical (unpaired) electrons. The number of hydrogen-bond acceptors (Lipinski definition) is 4. The van der Waals surface area contributed by atoms with Gasteiger partial charge in [0.25, 0.3) is 11.8 Å². The number of aryl methyl sites for hydroxylation is 1. The van der Waals surface area contributed by atoms with Crippen LogP contribution in [0.2, 0.25) is 5.02 Å². The van der Waals surface area contributed by atoms with Gasteiger partial charge in [0.15, 0.2) is 0 Å². The van der Waals surface area contributed by atoms with Gasteiger partial charge in [0, 0.05) is 23.3 Å². The van der Waals surface area contributed by atoms with Gasteiger partial charge in [-0.15, -0.1) is 0 Å². The number of fused-ring (bicyclic) bond motifs is 1. The van der Waals surface area contributed by atoms with Crippen LogP contribution in [-0.4, -0.2) is 28.3 Å². The number of nitrogens with one attached hydrogen (secondary N) is 1. The Hall–Kier alpha value is -3.25. The van der Waals surface area contributed by atoms with E-state index < -0.39 is 0 Å². The molecule has 3 heterocycles. The smallest absolute Gasteiger partial charge is 0.276 e. The molecular weight excluding hydrogens is 436 g/mol. The van der Waals surface area contributed by atoms with Crippen LogP contribution in [0.3, 0.4) is 0 Å². The normalized spacial score (nSPS) is 16.1. The van der Waals surface area contributed by atoms with Crippen molar-refractivity contribution in [2.75, 3.05) is 11.4 Å². The summed E-state index contributed by atoms with van der Waals surface area (Å²) in [6, 6.07) is 14.3. The lowest BCUT2D eigenvalue weighted by Gasteiger charge is -2.29. The molecule has 3 aromatic rings. The van der Waals surface area contributed by atoms with Gasteiger partial charge < -0.3 is 10.2 Å². The molecule has 1 aromatic carbocycles. The Labute approximate surface area is 198 Å². The molecule has 2 amide bonds. The number of nitrogens with zero attached hydrogens (tertiary/aromatic N) is 3. The minimum atomic E-state index is -0.276. The van der Waals surface area contributed by atoms with Crippen LogP contribution in [0.5, 0.6) is 0 Å². The monoisotopic (exact) mass is 460 g/mol. The molecule has 0 saturated heterocycles. The maximum absolute atomic E-state index is 13.3. The molecule has 1 saturated carbocycles. The number of anilines is 1. The van der Waals surface area contributed by atoms with Gasteiger partial charge in [0.2, 0.25) is 0 Å². The Bertz CT molecular complexity index is 1210. The highest BCUT2D eigenvalue weighted by molar-refractivity contribution is 6.30. The van der Waals surface area contributed by atoms with Gasteiger partial charge in [-0.3, -0.25) is 19.6 Å². The van der Waals surface area contributed by atoms with Crippen LogP contribution in [0.25, 0.3) is 0 Å². The first-order valence-corrected chi connectivity index (χ1v) is 11.7. The molecule has 168 valence electrons. The van der Waals surface area contributed by atoms with Crippen LogP contribution in [-0.2, 0) is 6.42 Å². The Morgan fingerprint density at radius 3 is 2.67 bits per heavy atom. The number of pyridine rings is 2. The highest BCUT2D eigenvalue weighted by atomic mass is 35.5. The molecule has 1 atom stereocenters. The molecule has 7 heteroatoms.